The van der Waals surface area contributed by atoms with E-state index in [2.05, 4.69) is 0 Å². The van der Waals surface area contributed by atoms with Crippen LogP contribution in [0.2, 0.25) is 0 Å². The van der Waals surface area contributed by atoms with E-state index in [1.807, 2.05) is 30.3 Å². The van der Waals surface area contributed by atoms with Gasteiger partial charge in [-0.1, -0.05) is 30.3 Å². The van der Waals surface area contributed by atoms with Gasteiger partial charge in [0, 0.05) is 0 Å². The quantitative estimate of drug-likeness (QED) is 0.560. The van der Waals surface area contributed by atoms with E-state index in [4.69, 9.17) is 14.6 Å². The molecule has 6 nitrogen and oxygen atoms in total. The van der Waals surface area contributed by atoms with Crippen LogP contribution in [-0.2, 0) is 16.1 Å². The van der Waals surface area contributed by atoms with Gasteiger partial charge < -0.3 is 29.9 Å². The highest BCUT2D eigenvalue weighted by Crippen LogP contribution is 2.22. The fraction of sp³-hybridized carbons (Fsp3) is 0.538. The van der Waals surface area contributed by atoms with Gasteiger partial charge in [0.05, 0.1) is 13.2 Å². The molecule has 0 saturated carbocycles. The molecule has 5 atom stereocenters. The predicted octanol–water partition coefficient (Wildman–Crippen LogP) is -0.997. The first-order valence-corrected chi connectivity index (χ1v) is 6.09. The fourth-order valence-corrected chi connectivity index (χ4v) is 1.96. The van der Waals surface area contributed by atoms with Crippen molar-refractivity contribution >= 4 is 0 Å². The third-order valence-electron chi connectivity index (χ3n) is 3.11. The molecule has 1 aliphatic heterocycles. The molecule has 1 fully saturated rings. The van der Waals surface area contributed by atoms with Crippen molar-refractivity contribution in [2.24, 2.45) is 0 Å². The lowest BCUT2D eigenvalue weighted by Crippen LogP contribution is -2.59. The average molecular weight is 270 g/mol. The van der Waals surface area contributed by atoms with E-state index in [0.717, 1.165) is 5.56 Å². The summed E-state index contributed by atoms with van der Waals surface area (Å²) in [6.45, 7) is -0.264. The van der Waals surface area contributed by atoms with Crippen molar-refractivity contribution in [1.82, 2.24) is 0 Å². The minimum Gasteiger partial charge on any atom is -0.394 e. The van der Waals surface area contributed by atoms with E-state index in [0.29, 0.717) is 0 Å². The first kappa shape index (κ1) is 14.4. The third-order valence-corrected chi connectivity index (χ3v) is 3.11. The zero-order valence-electron chi connectivity index (χ0n) is 10.3. The SMILES string of the molecule is OC[C@@H]1O[C@@H](OCc2ccccc2)[C@H](O)[C@@H](O)[C@@H]1O. The number of aliphatic hydroxyl groups excluding tert-OH is 4. The topological polar surface area (TPSA) is 99.4 Å². The predicted molar refractivity (Wildman–Crippen MR) is 65.0 cm³/mol. The highest BCUT2D eigenvalue weighted by Gasteiger charge is 2.43. The molecule has 1 saturated heterocycles. The molecule has 1 heterocycles. The van der Waals surface area contributed by atoms with Gasteiger partial charge >= 0.3 is 0 Å². The van der Waals surface area contributed by atoms with Crippen LogP contribution < -0.4 is 0 Å². The van der Waals surface area contributed by atoms with Crippen molar-refractivity contribution in [3.05, 3.63) is 35.9 Å². The zero-order chi connectivity index (χ0) is 13.8. The van der Waals surface area contributed by atoms with Crippen molar-refractivity contribution in [2.75, 3.05) is 6.61 Å². The highest BCUT2D eigenvalue weighted by molar-refractivity contribution is 5.13. The molecule has 0 amide bonds. The number of benzene rings is 1. The van der Waals surface area contributed by atoms with Crippen LogP contribution in [0.5, 0.6) is 0 Å². The van der Waals surface area contributed by atoms with E-state index < -0.39 is 37.3 Å². The van der Waals surface area contributed by atoms with Gasteiger partial charge in [0.25, 0.3) is 0 Å². The number of aliphatic hydroxyl groups is 4. The molecule has 0 aliphatic carbocycles. The van der Waals surface area contributed by atoms with Crippen molar-refractivity contribution in [1.29, 1.82) is 0 Å². The normalized spacial score (nSPS) is 35.3. The molecule has 1 aromatic rings. The summed E-state index contributed by atoms with van der Waals surface area (Å²) in [5, 5.41) is 38.0. The Hall–Kier alpha value is -1.02. The highest BCUT2D eigenvalue weighted by atomic mass is 16.7. The Labute approximate surface area is 110 Å². The Bertz CT molecular complexity index is 382. The summed E-state index contributed by atoms with van der Waals surface area (Å²) >= 11 is 0. The molecule has 2 rings (SSSR count). The number of hydrogen-bond donors (Lipinski definition) is 4. The molecule has 1 aliphatic rings. The smallest absolute Gasteiger partial charge is 0.187 e. The minimum atomic E-state index is -1.41. The lowest BCUT2D eigenvalue weighted by atomic mass is 9.99. The van der Waals surface area contributed by atoms with Crippen LogP contribution in [0.1, 0.15) is 5.56 Å². The van der Waals surface area contributed by atoms with Gasteiger partial charge in [-0.05, 0) is 5.56 Å². The van der Waals surface area contributed by atoms with Gasteiger partial charge in [0.2, 0.25) is 0 Å². The molecule has 0 spiro atoms. The van der Waals surface area contributed by atoms with Crippen molar-refractivity contribution in [3.8, 4) is 0 Å². The Morgan fingerprint density at radius 3 is 2.32 bits per heavy atom. The maximum Gasteiger partial charge on any atom is 0.187 e. The van der Waals surface area contributed by atoms with Crippen LogP contribution in [0.4, 0.5) is 0 Å². The van der Waals surface area contributed by atoms with Gasteiger partial charge in [0.15, 0.2) is 6.29 Å². The first-order chi connectivity index (χ1) is 9.13. The van der Waals surface area contributed by atoms with E-state index >= 15 is 0 Å². The standard InChI is InChI=1S/C13H18O6/c14-6-9-10(15)11(16)12(17)13(19-9)18-7-8-4-2-1-3-5-8/h1-5,9-17H,6-7H2/t9-,10+,11-,12+,13+/m0/s1. The molecule has 1 aromatic carbocycles. The van der Waals surface area contributed by atoms with Crippen LogP contribution in [0.15, 0.2) is 30.3 Å². The van der Waals surface area contributed by atoms with Crippen molar-refractivity contribution in [3.63, 3.8) is 0 Å². The zero-order valence-corrected chi connectivity index (χ0v) is 10.3. The van der Waals surface area contributed by atoms with Gasteiger partial charge in [-0.25, -0.2) is 0 Å². The Balaban J connectivity index is 1.95. The lowest BCUT2D eigenvalue weighted by Gasteiger charge is -2.39. The van der Waals surface area contributed by atoms with Gasteiger partial charge in [-0.2, -0.15) is 0 Å². The lowest BCUT2D eigenvalue weighted by molar-refractivity contribution is -0.304. The maximum absolute atomic E-state index is 9.76. The molecular weight excluding hydrogens is 252 g/mol. The molecule has 0 radical (unpaired) electrons. The van der Waals surface area contributed by atoms with Crippen LogP contribution >= 0.6 is 0 Å². The minimum absolute atomic E-state index is 0.198. The van der Waals surface area contributed by atoms with Gasteiger partial charge in [-0.3, -0.25) is 0 Å². The van der Waals surface area contributed by atoms with Crippen molar-refractivity contribution < 1.29 is 29.9 Å². The maximum atomic E-state index is 9.76. The van der Waals surface area contributed by atoms with E-state index in [-0.39, 0.29) is 6.61 Å². The van der Waals surface area contributed by atoms with Gasteiger partial charge in [-0.15, -0.1) is 0 Å². The molecular formula is C13H18O6. The van der Waals surface area contributed by atoms with E-state index in [9.17, 15) is 15.3 Å². The second-order valence-corrected chi connectivity index (χ2v) is 4.49. The van der Waals surface area contributed by atoms with E-state index in [1.165, 1.54) is 0 Å². The summed E-state index contributed by atoms with van der Waals surface area (Å²) in [6.07, 6.45) is -6.17. The second kappa shape index (κ2) is 6.42. The molecule has 19 heavy (non-hydrogen) atoms. The largest absolute Gasteiger partial charge is 0.394 e. The van der Waals surface area contributed by atoms with E-state index in [1.54, 1.807) is 0 Å². The number of ether oxygens (including phenoxy) is 2. The summed E-state index contributed by atoms with van der Waals surface area (Å²) in [6, 6.07) is 9.28. The molecule has 4 N–H and O–H groups in total. The molecule has 0 aromatic heterocycles. The molecule has 106 valence electrons. The average Bonchev–Trinajstić information content (AvgIpc) is 2.45. The Morgan fingerprint density at radius 2 is 1.68 bits per heavy atom. The Morgan fingerprint density at radius 1 is 1.00 bits per heavy atom. The summed E-state index contributed by atoms with van der Waals surface area (Å²) in [5.74, 6) is 0. The monoisotopic (exact) mass is 270 g/mol. The molecule has 0 unspecified atom stereocenters. The van der Waals surface area contributed by atoms with Gasteiger partial charge in [0.1, 0.15) is 24.4 Å². The molecule has 6 heteroatoms. The Kier molecular flexibility index (Phi) is 4.87. The van der Waals surface area contributed by atoms with Crippen LogP contribution in [-0.4, -0.2) is 57.7 Å². The van der Waals surface area contributed by atoms with Crippen LogP contribution in [0, 0.1) is 0 Å². The second-order valence-electron chi connectivity index (χ2n) is 4.49. The number of hydrogen-bond acceptors (Lipinski definition) is 6. The summed E-state index contributed by atoms with van der Waals surface area (Å²) < 4.78 is 10.6. The third kappa shape index (κ3) is 3.30. The van der Waals surface area contributed by atoms with Crippen molar-refractivity contribution in [2.45, 2.75) is 37.3 Å². The van der Waals surface area contributed by atoms with Crippen LogP contribution in [0.25, 0.3) is 0 Å². The fourth-order valence-electron chi connectivity index (χ4n) is 1.96. The summed E-state index contributed by atoms with van der Waals surface area (Å²) in [7, 11) is 0. The molecule has 0 bridgehead atoms. The van der Waals surface area contributed by atoms with Crippen LogP contribution in [0.3, 0.4) is 0 Å². The number of rotatable bonds is 4. The summed E-state index contributed by atoms with van der Waals surface area (Å²) in [5.41, 5.74) is 0.888. The first-order valence-electron chi connectivity index (χ1n) is 6.09. The summed E-state index contributed by atoms with van der Waals surface area (Å²) in [4.78, 5) is 0.